The summed E-state index contributed by atoms with van der Waals surface area (Å²) in [6.45, 7) is 0.761. The lowest BCUT2D eigenvalue weighted by Crippen LogP contribution is -2.41. The third-order valence-corrected chi connectivity index (χ3v) is 5.71. The number of nitrogens with zero attached hydrogens (tertiary/aromatic N) is 1. The molecule has 0 radical (unpaired) electrons. The van der Waals surface area contributed by atoms with E-state index in [9.17, 15) is 15.0 Å². The fraction of sp³-hybridized carbons (Fsp3) is 0.588. The minimum absolute atomic E-state index is 0.0314. The molecule has 6 heteroatoms. The standard InChI is InChI=1S/C17H21Cl2NO3/c18-15-8-13(22)9-16(19)14(15)7-10-5-6-20(17(10)23)11-1-3-12(21)4-2-11/h8-12,21-22H,1-7H2. The van der Waals surface area contributed by atoms with Crippen molar-refractivity contribution in [2.24, 2.45) is 5.92 Å². The molecule has 1 aliphatic carbocycles. The number of aromatic hydroxyl groups is 1. The van der Waals surface area contributed by atoms with E-state index in [1.807, 2.05) is 4.90 Å². The molecule has 0 aromatic heterocycles. The van der Waals surface area contributed by atoms with Crippen molar-refractivity contribution in [1.82, 2.24) is 4.90 Å². The topological polar surface area (TPSA) is 60.8 Å². The highest BCUT2D eigenvalue weighted by atomic mass is 35.5. The van der Waals surface area contributed by atoms with Gasteiger partial charge in [0.25, 0.3) is 0 Å². The number of halogens is 2. The summed E-state index contributed by atoms with van der Waals surface area (Å²) in [5.74, 6) is 0.0804. The molecule has 1 saturated carbocycles. The van der Waals surface area contributed by atoms with E-state index in [1.54, 1.807) is 0 Å². The predicted molar refractivity (Wildman–Crippen MR) is 89.9 cm³/mol. The maximum absolute atomic E-state index is 12.7. The van der Waals surface area contributed by atoms with Crippen molar-refractivity contribution < 1.29 is 15.0 Å². The minimum atomic E-state index is -0.214. The van der Waals surface area contributed by atoms with Gasteiger partial charge in [-0.25, -0.2) is 0 Å². The van der Waals surface area contributed by atoms with E-state index in [4.69, 9.17) is 23.2 Å². The number of aliphatic hydroxyl groups is 1. The summed E-state index contributed by atoms with van der Waals surface area (Å²) in [6.07, 6.45) is 4.38. The molecule has 1 amide bonds. The number of aliphatic hydroxyl groups excluding tert-OH is 1. The number of benzene rings is 1. The Balaban J connectivity index is 1.68. The van der Waals surface area contributed by atoms with Gasteiger partial charge in [0.1, 0.15) is 5.75 Å². The van der Waals surface area contributed by atoms with Crippen LogP contribution in [0.25, 0.3) is 0 Å². The molecule has 2 fully saturated rings. The van der Waals surface area contributed by atoms with Crippen molar-refractivity contribution in [2.75, 3.05) is 6.54 Å². The van der Waals surface area contributed by atoms with Gasteiger partial charge in [-0.15, -0.1) is 0 Å². The summed E-state index contributed by atoms with van der Waals surface area (Å²) in [5, 5.41) is 19.9. The van der Waals surface area contributed by atoms with Crippen LogP contribution in [0.2, 0.25) is 10.0 Å². The molecule has 3 rings (SSSR count). The summed E-state index contributed by atoms with van der Waals surface area (Å²) < 4.78 is 0. The number of hydrogen-bond acceptors (Lipinski definition) is 3. The molecule has 4 nitrogen and oxygen atoms in total. The maximum Gasteiger partial charge on any atom is 0.226 e. The van der Waals surface area contributed by atoms with Gasteiger partial charge in [0.15, 0.2) is 0 Å². The predicted octanol–water partition coefficient (Wildman–Crippen LogP) is 3.39. The molecule has 23 heavy (non-hydrogen) atoms. The van der Waals surface area contributed by atoms with Gasteiger partial charge in [0, 0.05) is 28.5 Å². The Morgan fingerprint density at radius 3 is 2.30 bits per heavy atom. The van der Waals surface area contributed by atoms with E-state index >= 15 is 0 Å². The van der Waals surface area contributed by atoms with Crippen LogP contribution in [0.1, 0.15) is 37.7 Å². The number of amides is 1. The highest BCUT2D eigenvalue weighted by Gasteiger charge is 2.37. The van der Waals surface area contributed by atoms with Crippen LogP contribution in [-0.2, 0) is 11.2 Å². The van der Waals surface area contributed by atoms with Crippen LogP contribution in [-0.4, -0.2) is 39.7 Å². The van der Waals surface area contributed by atoms with Crippen LogP contribution >= 0.6 is 23.2 Å². The molecule has 1 aromatic carbocycles. The zero-order valence-corrected chi connectivity index (χ0v) is 14.4. The summed E-state index contributed by atoms with van der Waals surface area (Å²) in [7, 11) is 0. The Hall–Kier alpha value is -0.970. The van der Waals surface area contributed by atoms with Gasteiger partial charge in [-0.05, 0) is 56.2 Å². The normalized spacial score (nSPS) is 28.4. The number of likely N-dealkylation sites (tertiary alicyclic amines) is 1. The summed E-state index contributed by atoms with van der Waals surface area (Å²) >= 11 is 12.3. The molecule has 0 bridgehead atoms. The van der Waals surface area contributed by atoms with Crippen molar-refractivity contribution in [3.05, 3.63) is 27.7 Å². The second kappa shape index (κ2) is 6.88. The zero-order valence-electron chi connectivity index (χ0n) is 12.8. The molecule has 126 valence electrons. The third kappa shape index (κ3) is 3.59. The smallest absolute Gasteiger partial charge is 0.226 e. The second-order valence-electron chi connectivity index (χ2n) is 6.57. The van der Waals surface area contributed by atoms with E-state index < -0.39 is 0 Å². The molecule has 1 saturated heterocycles. The average molecular weight is 358 g/mol. The summed E-state index contributed by atoms with van der Waals surface area (Å²) in [6, 6.07) is 3.17. The number of rotatable bonds is 3. The van der Waals surface area contributed by atoms with Crippen molar-refractivity contribution >= 4 is 29.1 Å². The quantitative estimate of drug-likeness (QED) is 0.871. The van der Waals surface area contributed by atoms with Crippen LogP contribution in [0.4, 0.5) is 0 Å². The number of carbonyl (C=O) groups excluding carboxylic acids is 1. The second-order valence-corrected chi connectivity index (χ2v) is 7.39. The maximum atomic E-state index is 12.7. The van der Waals surface area contributed by atoms with Gasteiger partial charge >= 0.3 is 0 Å². The molecule has 1 unspecified atom stereocenters. The van der Waals surface area contributed by atoms with E-state index in [0.717, 1.165) is 44.2 Å². The van der Waals surface area contributed by atoms with E-state index in [0.29, 0.717) is 16.5 Å². The zero-order chi connectivity index (χ0) is 16.6. The Morgan fingerprint density at radius 1 is 1.09 bits per heavy atom. The van der Waals surface area contributed by atoms with Gasteiger partial charge < -0.3 is 15.1 Å². The Bertz CT molecular complexity index is 576. The molecule has 1 heterocycles. The highest BCUT2D eigenvalue weighted by Crippen LogP contribution is 2.35. The Morgan fingerprint density at radius 2 is 1.70 bits per heavy atom. The van der Waals surface area contributed by atoms with Crippen LogP contribution in [0.5, 0.6) is 5.75 Å². The molecule has 0 spiro atoms. The fourth-order valence-electron chi connectivity index (χ4n) is 3.72. The number of carbonyl (C=O) groups is 1. The number of hydrogen-bond donors (Lipinski definition) is 2. The largest absolute Gasteiger partial charge is 0.508 e. The molecule has 2 aliphatic rings. The fourth-order valence-corrected chi connectivity index (χ4v) is 4.35. The lowest BCUT2D eigenvalue weighted by atomic mass is 9.92. The first-order valence-electron chi connectivity index (χ1n) is 8.11. The number of phenols is 1. The third-order valence-electron chi connectivity index (χ3n) is 5.03. The Labute approximate surface area is 146 Å². The van der Waals surface area contributed by atoms with Crippen molar-refractivity contribution in [3.63, 3.8) is 0 Å². The molecular weight excluding hydrogens is 337 g/mol. The van der Waals surface area contributed by atoms with Crippen molar-refractivity contribution in [1.29, 1.82) is 0 Å². The first-order chi connectivity index (χ1) is 11.0. The SMILES string of the molecule is O=C1C(Cc2c(Cl)cc(O)cc2Cl)CCN1C1CCC(O)CC1. The van der Waals surface area contributed by atoms with E-state index in [2.05, 4.69) is 0 Å². The summed E-state index contributed by atoms with van der Waals surface area (Å²) in [5.41, 5.74) is 0.727. The van der Waals surface area contributed by atoms with Crippen LogP contribution < -0.4 is 0 Å². The Kier molecular flexibility index (Phi) is 5.04. The van der Waals surface area contributed by atoms with Gasteiger partial charge in [-0.2, -0.15) is 0 Å². The summed E-state index contributed by atoms with van der Waals surface area (Å²) in [4.78, 5) is 14.7. The minimum Gasteiger partial charge on any atom is -0.508 e. The van der Waals surface area contributed by atoms with Gasteiger partial charge in [0.2, 0.25) is 5.91 Å². The monoisotopic (exact) mass is 357 g/mol. The lowest BCUT2D eigenvalue weighted by Gasteiger charge is -2.33. The van der Waals surface area contributed by atoms with Crippen LogP contribution in [0.15, 0.2) is 12.1 Å². The molecule has 1 aromatic rings. The molecule has 1 atom stereocenters. The lowest BCUT2D eigenvalue weighted by molar-refractivity contribution is -0.133. The van der Waals surface area contributed by atoms with Crippen LogP contribution in [0, 0.1) is 5.92 Å². The molecule has 2 N–H and O–H groups in total. The van der Waals surface area contributed by atoms with E-state index in [1.165, 1.54) is 12.1 Å². The van der Waals surface area contributed by atoms with Gasteiger partial charge in [-0.3, -0.25) is 4.79 Å². The molecule has 1 aliphatic heterocycles. The first kappa shape index (κ1) is 16.9. The first-order valence-corrected chi connectivity index (χ1v) is 8.86. The van der Waals surface area contributed by atoms with E-state index in [-0.39, 0.29) is 29.7 Å². The van der Waals surface area contributed by atoms with Gasteiger partial charge in [0.05, 0.1) is 6.10 Å². The molecular formula is C17H21Cl2NO3. The highest BCUT2D eigenvalue weighted by molar-refractivity contribution is 6.36. The van der Waals surface area contributed by atoms with Crippen molar-refractivity contribution in [2.45, 2.75) is 50.7 Å². The van der Waals surface area contributed by atoms with Gasteiger partial charge in [-0.1, -0.05) is 23.2 Å². The van der Waals surface area contributed by atoms with Crippen LogP contribution in [0.3, 0.4) is 0 Å². The number of phenolic OH excluding ortho intramolecular Hbond substituents is 1. The van der Waals surface area contributed by atoms with Crippen molar-refractivity contribution in [3.8, 4) is 5.75 Å². The average Bonchev–Trinajstić information content (AvgIpc) is 2.85.